The number of nitrogens with one attached hydrogen (secondary N) is 2. The van der Waals surface area contributed by atoms with Crippen molar-refractivity contribution in [2.24, 2.45) is 5.73 Å². The van der Waals surface area contributed by atoms with Crippen molar-refractivity contribution in [3.05, 3.63) is 23.8 Å². The normalized spacial score (nSPS) is 21.1. The van der Waals surface area contributed by atoms with Crippen LogP contribution in [0.15, 0.2) is 18.2 Å². The largest absolute Gasteiger partial charge is 0.479 e. The number of likely N-dealkylation sites (N-methyl/N-ethyl adjacent to an activating group) is 1. The molecule has 0 fully saturated rings. The van der Waals surface area contributed by atoms with E-state index >= 15 is 0 Å². The number of fused-ring (bicyclic) bond motifs is 1. The van der Waals surface area contributed by atoms with Gasteiger partial charge in [0.1, 0.15) is 5.75 Å². The van der Waals surface area contributed by atoms with E-state index in [2.05, 4.69) is 10.6 Å². The van der Waals surface area contributed by atoms with Crippen molar-refractivity contribution in [1.82, 2.24) is 5.32 Å². The number of aliphatic hydroxyl groups is 1. The van der Waals surface area contributed by atoms with Crippen LogP contribution in [0.3, 0.4) is 0 Å². The molecule has 1 amide bonds. The Labute approximate surface area is 111 Å². The van der Waals surface area contributed by atoms with E-state index in [0.717, 1.165) is 5.56 Å². The Morgan fingerprint density at radius 3 is 2.95 bits per heavy atom. The van der Waals surface area contributed by atoms with Crippen LogP contribution in [-0.4, -0.2) is 36.8 Å². The topological polar surface area (TPSA) is 96.6 Å². The Hall–Kier alpha value is -1.63. The number of carbonyl (C=O) groups excluding carboxylic acids is 1. The van der Waals surface area contributed by atoms with Gasteiger partial charge in [0.2, 0.25) is 0 Å². The van der Waals surface area contributed by atoms with Crippen molar-refractivity contribution >= 4 is 11.6 Å². The number of amides is 1. The van der Waals surface area contributed by atoms with Gasteiger partial charge in [-0.2, -0.15) is 0 Å². The van der Waals surface area contributed by atoms with Gasteiger partial charge >= 0.3 is 0 Å². The molecule has 0 aliphatic carbocycles. The number of hydrogen-bond acceptors (Lipinski definition) is 5. The quantitative estimate of drug-likeness (QED) is 0.614. The SMILES string of the molecule is CNC(c1ccc2c(c1)NC(=O)C(C)O2)C(O)CN. The molecule has 3 unspecified atom stereocenters. The molecule has 1 aromatic carbocycles. The second-order valence-corrected chi connectivity index (χ2v) is 4.57. The van der Waals surface area contributed by atoms with E-state index in [1.165, 1.54) is 0 Å². The van der Waals surface area contributed by atoms with Crippen molar-refractivity contribution in [3.63, 3.8) is 0 Å². The van der Waals surface area contributed by atoms with Gasteiger partial charge in [-0.15, -0.1) is 0 Å². The lowest BCUT2D eigenvalue weighted by molar-refractivity contribution is -0.122. The molecule has 104 valence electrons. The van der Waals surface area contributed by atoms with Gasteiger partial charge < -0.3 is 26.2 Å². The second-order valence-electron chi connectivity index (χ2n) is 4.57. The van der Waals surface area contributed by atoms with E-state index in [0.29, 0.717) is 11.4 Å². The molecule has 5 N–H and O–H groups in total. The lowest BCUT2D eigenvalue weighted by atomic mass is 10.00. The average Bonchev–Trinajstić information content (AvgIpc) is 2.41. The first-order chi connectivity index (χ1) is 9.06. The third-order valence-electron chi connectivity index (χ3n) is 3.23. The van der Waals surface area contributed by atoms with Gasteiger partial charge in [-0.05, 0) is 31.7 Å². The maximum Gasteiger partial charge on any atom is 0.265 e. The molecule has 0 spiro atoms. The number of ether oxygens (including phenoxy) is 1. The predicted octanol–water partition coefficient (Wildman–Crippen LogP) is -0.0139. The van der Waals surface area contributed by atoms with Crippen molar-refractivity contribution in [1.29, 1.82) is 0 Å². The molecule has 2 rings (SSSR count). The Morgan fingerprint density at radius 1 is 1.58 bits per heavy atom. The summed E-state index contributed by atoms with van der Waals surface area (Å²) in [5.41, 5.74) is 6.94. The molecule has 3 atom stereocenters. The maximum absolute atomic E-state index is 11.6. The summed E-state index contributed by atoms with van der Waals surface area (Å²) in [5.74, 6) is 0.456. The summed E-state index contributed by atoms with van der Waals surface area (Å²) in [6, 6.07) is 5.14. The molecule has 0 aromatic heterocycles. The van der Waals surface area contributed by atoms with Crippen LogP contribution >= 0.6 is 0 Å². The standard InChI is InChI=1S/C13H19N3O3/c1-7-13(18)16-9-5-8(3-4-11(9)19-7)12(15-2)10(17)6-14/h3-5,7,10,12,15,17H,6,14H2,1-2H3,(H,16,18). The number of nitrogens with two attached hydrogens (primary N) is 1. The lowest BCUT2D eigenvalue weighted by Gasteiger charge is -2.26. The van der Waals surface area contributed by atoms with Crippen LogP contribution in [-0.2, 0) is 4.79 Å². The minimum atomic E-state index is -0.692. The lowest BCUT2D eigenvalue weighted by Crippen LogP contribution is -2.36. The first-order valence-electron chi connectivity index (χ1n) is 6.23. The minimum absolute atomic E-state index is 0.155. The third kappa shape index (κ3) is 2.70. The van der Waals surface area contributed by atoms with Crippen LogP contribution in [0.2, 0.25) is 0 Å². The van der Waals surface area contributed by atoms with Gasteiger partial charge in [0.15, 0.2) is 6.10 Å². The molecular formula is C13H19N3O3. The molecule has 1 aliphatic rings. The number of rotatable bonds is 4. The Balaban J connectivity index is 2.30. The number of anilines is 1. The molecule has 1 heterocycles. The van der Waals surface area contributed by atoms with Crippen molar-refractivity contribution in [2.45, 2.75) is 25.2 Å². The van der Waals surface area contributed by atoms with Crippen LogP contribution in [0.4, 0.5) is 5.69 Å². The summed E-state index contributed by atoms with van der Waals surface area (Å²) in [6.45, 7) is 1.85. The van der Waals surface area contributed by atoms with Crippen molar-refractivity contribution in [3.8, 4) is 5.75 Å². The Kier molecular flexibility index (Phi) is 4.04. The minimum Gasteiger partial charge on any atom is -0.479 e. The van der Waals surface area contributed by atoms with Crippen molar-refractivity contribution < 1.29 is 14.6 Å². The van der Waals surface area contributed by atoms with Crippen LogP contribution in [0.25, 0.3) is 0 Å². The highest BCUT2D eigenvalue weighted by Crippen LogP contribution is 2.32. The number of carbonyl (C=O) groups is 1. The van der Waals surface area contributed by atoms with E-state index < -0.39 is 12.2 Å². The molecule has 1 aliphatic heterocycles. The Bertz CT molecular complexity index is 478. The summed E-state index contributed by atoms with van der Waals surface area (Å²) in [6.07, 6.45) is -1.18. The highest BCUT2D eigenvalue weighted by molar-refractivity contribution is 5.97. The number of aliphatic hydroxyl groups excluding tert-OH is 1. The first kappa shape index (κ1) is 13.8. The molecule has 6 heteroatoms. The van der Waals surface area contributed by atoms with E-state index in [9.17, 15) is 9.90 Å². The second kappa shape index (κ2) is 5.56. The van der Waals surface area contributed by atoms with E-state index in [4.69, 9.17) is 10.5 Å². The fourth-order valence-corrected chi connectivity index (χ4v) is 2.14. The highest BCUT2D eigenvalue weighted by atomic mass is 16.5. The van der Waals surface area contributed by atoms with Crippen LogP contribution in [0.1, 0.15) is 18.5 Å². The van der Waals surface area contributed by atoms with E-state index in [1.807, 2.05) is 6.07 Å². The molecule has 0 saturated heterocycles. The van der Waals surface area contributed by atoms with Gasteiger partial charge in [0.25, 0.3) is 5.91 Å². The average molecular weight is 265 g/mol. The van der Waals surface area contributed by atoms with Crippen LogP contribution in [0, 0.1) is 0 Å². The van der Waals surface area contributed by atoms with Gasteiger partial charge in [-0.25, -0.2) is 0 Å². The monoisotopic (exact) mass is 265 g/mol. The van der Waals surface area contributed by atoms with Gasteiger partial charge in [0, 0.05) is 6.54 Å². The molecule has 0 radical (unpaired) electrons. The van der Waals surface area contributed by atoms with Crippen LogP contribution < -0.4 is 21.1 Å². The zero-order valence-corrected chi connectivity index (χ0v) is 11.0. The molecular weight excluding hydrogens is 246 g/mol. The van der Waals surface area contributed by atoms with Gasteiger partial charge in [0.05, 0.1) is 17.8 Å². The fourth-order valence-electron chi connectivity index (χ4n) is 2.14. The zero-order chi connectivity index (χ0) is 14.0. The zero-order valence-electron chi connectivity index (χ0n) is 11.0. The van der Waals surface area contributed by atoms with Gasteiger partial charge in [-0.1, -0.05) is 6.07 Å². The summed E-state index contributed by atoms with van der Waals surface area (Å²) >= 11 is 0. The van der Waals surface area contributed by atoms with Crippen LogP contribution in [0.5, 0.6) is 5.75 Å². The predicted molar refractivity (Wildman–Crippen MR) is 72.0 cm³/mol. The summed E-state index contributed by atoms with van der Waals surface area (Å²) < 4.78 is 5.48. The fraction of sp³-hybridized carbons (Fsp3) is 0.462. The molecule has 0 saturated carbocycles. The Morgan fingerprint density at radius 2 is 2.32 bits per heavy atom. The molecule has 6 nitrogen and oxygen atoms in total. The summed E-state index contributed by atoms with van der Waals surface area (Å²) in [5, 5.41) is 15.7. The molecule has 0 bridgehead atoms. The molecule has 1 aromatic rings. The smallest absolute Gasteiger partial charge is 0.265 e. The maximum atomic E-state index is 11.6. The molecule has 19 heavy (non-hydrogen) atoms. The van der Waals surface area contributed by atoms with Crippen molar-refractivity contribution in [2.75, 3.05) is 18.9 Å². The summed E-state index contributed by atoms with van der Waals surface area (Å²) in [4.78, 5) is 11.6. The van der Waals surface area contributed by atoms with E-state index in [1.54, 1.807) is 26.1 Å². The first-order valence-corrected chi connectivity index (χ1v) is 6.23. The summed E-state index contributed by atoms with van der Waals surface area (Å²) in [7, 11) is 1.75. The van der Waals surface area contributed by atoms with Gasteiger partial charge in [-0.3, -0.25) is 4.79 Å². The van der Waals surface area contributed by atoms with E-state index in [-0.39, 0.29) is 18.5 Å². The third-order valence-corrected chi connectivity index (χ3v) is 3.23. The number of hydrogen-bond donors (Lipinski definition) is 4. The number of benzene rings is 1. The highest BCUT2D eigenvalue weighted by Gasteiger charge is 2.25.